The average molecular weight is 776 g/mol. The van der Waals surface area contributed by atoms with Gasteiger partial charge in [-0.05, 0) is 142 Å². The van der Waals surface area contributed by atoms with Gasteiger partial charge in [-0.25, -0.2) is 0 Å². The van der Waals surface area contributed by atoms with Crippen molar-refractivity contribution in [3.8, 4) is 44.5 Å². The molecule has 1 nitrogen and oxygen atoms in total. The van der Waals surface area contributed by atoms with Crippen LogP contribution in [0.4, 0.5) is 17.1 Å². The molecule has 1 heteroatoms. The van der Waals surface area contributed by atoms with Crippen LogP contribution in [-0.4, -0.2) is 0 Å². The summed E-state index contributed by atoms with van der Waals surface area (Å²) in [6.45, 7) is 4.75. The van der Waals surface area contributed by atoms with Crippen molar-refractivity contribution >= 4 is 38.6 Å². The van der Waals surface area contributed by atoms with Crippen molar-refractivity contribution in [1.82, 2.24) is 0 Å². The lowest BCUT2D eigenvalue weighted by Gasteiger charge is -2.46. The Morgan fingerprint density at radius 3 is 1.39 bits per heavy atom. The van der Waals surface area contributed by atoms with E-state index in [9.17, 15) is 0 Å². The van der Waals surface area contributed by atoms with Gasteiger partial charge in [0.2, 0.25) is 0 Å². The molecule has 1 unspecified atom stereocenters. The van der Waals surface area contributed by atoms with Gasteiger partial charge in [0.1, 0.15) is 0 Å². The van der Waals surface area contributed by atoms with E-state index in [0.717, 1.165) is 17.1 Å². The first-order valence-electron chi connectivity index (χ1n) is 21.5. The smallest absolute Gasteiger partial charge is 0.0726 e. The Morgan fingerprint density at radius 2 is 0.754 bits per heavy atom. The van der Waals surface area contributed by atoms with Crippen LogP contribution >= 0.6 is 0 Å². The molecule has 286 valence electrons. The fourth-order valence-corrected chi connectivity index (χ4v) is 11.6. The first-order chi connectivity index (χ1) is 30.0. The molecule has 0 radical (unpaired) electrons. The van der Waals surface area contributed by atoms with E-state index >= 15 is 0 Å². The van der Waals surface area contributed by atoms with Crippen LogP contribution in [-0.2, 0) is 10.8 Å². The van der Waals surface area contributed by atoms with Crippen LogP contribution in [0, 0.1) is 0 Å². The van der Waals surface area contributed by atoms with E-state index < -0.39 is 5.41 Å². The first-order valence-corrected chi connectivity index (χ1v) is 21.5. The van der Waals surface area contributed by atoms with E-state index in [0.29, 0.717) is 0 Å². The Balaban J connectivity index is 1.15. The van der Waals surface area contributed by atoms with Crippen molar-refractivity contribution in [3.05, 3.63) is 246 Å². The normalized spacial score (nSPS) is 15.9. The summed E-state index contributed by atoms with van der Waals surface area (Å²) in [5.74, 6) is 0. The van der Waals surface area contributed by atoms with Crippen LogP contribution in [0.15, 0.2) is 212 Å². The quantitative estimate of drug-likeness (QED) is 0.172. The molecule has 0 fully saturated rings. The van der Waals surface area contributed by atoms with Crippen molar-refractivity contribution in [2.45, 2.75) is 24.7 Å². The van der Waals surface area contributed by atoms with Crippen LogP contribution in [0.3, 0.4) is 0 Å². The highest BCUT2D eigenvalue weighted by Crippen LogP contribution is 2.62. The van der Waals surface area contributed by atoms with Crippen LogP contribution in [0.1, 0.15) is 47.2 Å². The van der Waals surface area contributed by atoms with E-state index in [1.165, 1.54) is 99.4 Å². The van der Waals surface area contributed by atoms with Crippen molar-refractivity contribution in [3.63, 3.8) is 0 Å². The van der Waals surface area contributed by atoms with Crippen molar-refractivity contribution in [2.75, 3.05) is 4.90 Å². The maximum atomic E-state index is 2.54. The molecule has 0 aliphatic heterocycles. The number of hydrogen-bond donors (Lipinski definition) is 0. The highest BCUT2D eigenvalue weighted by Gasteiger charge is 2.49. The van der Waals surface area contributed by atoms with Gasteiger partial charge in [-0.3, -0.25) is 0 Å². The molecule has 10 aromatic carbocycles. The number of fused-ring (bicyclic) bond motifs is 11. The summed E-state index contributed by atoms with van der Waals surface area (Å²) < 4.78 is 0. The first kappa shape index (κ1) is 34.4. The summed E-state index contributed by atoms with van der Waals surface area (Å²) in [5, 5.41) is 5.20. The van der Waals surface area contributed by atoms with Gasteiger partial charge in [-0.1, -0.05) is 184 Å². The van der Waals surface area contributed by atoms with E-state index in [-0.39, 0.29) is 5.41 Å². The zero-order valence-electron chi connectivity index (χ0n) is 34.2. The van der Waals surface area contributed by atoms with Gasteiger partial charge in [0, 0.05) is 22.5 Å². The minimum Gasteiger partial charge on any atom is -0.310 e. The number of anilines is 3. The second kappa shape index (κ2) is 12.5. The largest absolute Gasteiger partial charge is 0.310 e. The maximum Gasteiger partial charge on any atom is 0.0726 e. The fourth-order valence-electron chi connectivity index (χ4n) is 11.6. The van der Waals surface area contributed by atoms with Crippen molar-refractivity contribution in [1.29, 1.82) is 0 Å². The predicted molar refractivity (Wildman–Crippen MR) is 255 cm³/mol. The monoisotopic (exact) mass is 775 g/mol. The van der Waals surface area contributed by atoms with E-state index in [1.54, 1.807) is 0 Å². The average Bonchev–Trinajstić information content (AvgIpc) is 3.54. The van der Waals surface area contributed by atoms with Gasteiger partial charge >= 0.3 is 0 Å². The van der Waals surface area contributed by atoms with Crippen molar-refractivity contribution < 1.29 is 0 Å². The molecule has 61 heavy (non-hydrogen) atoms. The standard InChI is InChI=1S/C60H41N/c1-59(2)51-26-10-9-23-45(51)46-33-30-43(36-54(46)59)61(42-21-7-4-8-22-42)44-31-34-48-50-25-12-18-40-20-14-28-53(58(40)50)60(56(48)37-44)52-27-13-19-39-17-11-24-49(57(39)52)47-32-29-41(35-55(47)60)38-15-5-3-6-16-38/h3-37H,1-2H3. The molecule has 0 heterocycles. The molecule has 0 aromatic heterocycles. The van der Waals surface area contributed by atoms with Gasteiger partial charge in [0.05, 0.1) is 5.41 Å². The molecule has 10 aromatic rings. The molecule has 1 spiro atoms. The zero-order chi connectivity index (χ0) is 40.5. The van der Waals surface area contributed by atoms with Gasteiger partial charge < -0.3 is 4.90 Å². The molecular weight excluding hydrogens is 735 g/mol. The Labute approximate surface area is 356 Å². The third kappa shape index (κ3) is 4.61. The third-order valence-corrected chi connectivity index (χ3v) is 14.2. The molecule has 0 saturated heterocycles. The minimum atomic E-state index is -0.628. The summed E-state index contributed by atoms with van der Waals surface area (Å²) in [6.07, 6.45) is 0. The highest BCUT2D eigenvalue weighted by atomic mass is 15.1. The maximum absolute atomic E-state index is 2.54. The number of rotatable bonds is 4. The number of nitrogens with zero attached hydrogens (tertiary/aromatic N) is 1. The molecule has 3 aliphatic rings. The highest BCUT2D eigenvalue weighted by molar-refractivity contribution is 6.11. The van der Waals surface area contributed by atoms with E-state index in [4.69, 9.17) is 0 Å². The molecule has 13 rings (SSSR count). The van der Waals surface area contributed by atoms with E-state index in [1.807, 2.05) is 0 Å². The molecule has 3 aliphatic carbocycles. The molecule has 0 N–H and O–H groups in total. The lowest BCUT2D eigenvalue weighted by Crippen LogP contribution is -2.36. The molecular formula is C60H41N. The second-order valence-electron chi connectivity index (χ2n) is 17.6. The summed E-state index contributed by atoms with van der Waals surface area (Å²) in [4.78, 5) is 2.48. The Morgan fingerprint density at radius 1 is 0.295 bits per heavy atom. The number of hydrogen-bond acceptors (Lipinski definition) is 1. The lowest BCUT2D eigenvalue weighted by atomic mass is 9.55. The molecule has 0 bridgehead atoms. The fraction of sp³-hybridized carbons (Fsp3) is 0.0667. The summed E-state index contributed by atoms with van der Waals surface area (Å²) in [7, 11) is 0. The van der Waals surface area contributed by atoms with Crippen LogP contribution in [0.5, 0.6) is 0 Å². The van der Waals surface area contributed by atoms with Gasteiger partial charge in [-0.2, -0.15) is 0 Å². The zero-order valence-corrected chi connectivity index (χ0v) is 34.2. The van der Waals surface area contributed by atoms with Gasteiger partial charge in [0.15, 0.2) is 0 Å². The number of benzene rings is 10. The van der Waals surface area contributed by atoms with Crippen LogP contribution < -0.4 is 4.90 Å². The Hall–Kier alpha value is -7.48. The summed E-state index contributed by atoms with van der Waals surface area (Å²) >= 11 is 0. The van der Waals surface area contributed by atoms with Gasteiger partial charge in [0.25, 0.3) is 0 Å². The van der Waals surface area contributed by atoms with Gasteiger partial charge in [-0.15, -0.1) is 0 Å². The minimum absolute atomic E-state index is 0.124. The summed E-state index contributed by atoms with van der Waals surface area (Å²) in [5.41, 5.74) is 21.0. The van der Waals surface area contributed by atoms with Crippen LogP contribution in [0.2, 0.25) is 0 Å². The Bertz CT molecular complexity index is 3430. The van der Waals surface area contributed by atoms with Crippen LogP contribution in [0.25, 0.3) is 66.1 Å². The molecule has 0 amide bonds. The van der Waals surface area contributed by atoms with E-state index in [2.05, 4.69) is 231 Å². The molecule has 1 atom stereocenters. The topological polar surface area (TPSA) is 3.24 Å². The third-order valence-electron chi connectivity index (χ3n) is 14.2. The Kier molecular flexibility index (Phi) is 7.06. The SMILES string of the molecule is CC1(C)c2ccccc2-c2ccc(N(c3ccccc3)c3ccc4c(c3)C3(c5cc(-c6ccccc6)ccc5-c5cccc6cccc3c56)c3cccc5cccc-4c35)cc21. The molecule has 0 saturated carbocycles. The number of para-hydroxylation sites is 1. The summed E-state index contributed by atoms with van der Waals surface area (Å²) in [6, 6.07) is 80.1. The lowest BCUT2D eigenvalue weighted by molar-refractivity contribution is 0.660. The predicted octanol–water partition coefficient (Wildman–Crippen LogP) is 15.8. The second-order valence-corrected chi connectivity index (χ2v) is 17.6. The van der Waals surface area contributed by atoms with Crippen molar-refractivity contribution in [2.24, 2.45) is 0 Å².